The molecule has 2 rings (SSSR count). The van der Waals surface area contributed by atoms with Crippen molar-refractivity contribution in [2.45, 2.75) is 19.0 Å². The molecule has 1 aromatic carbocycles. The van der Waals surface area contributed by atoms with E-state index in [4.69, 9.17) is 0 Å². The Bertz CT molecular complexity index is 459. The van der Waals surface area contributed by atoms with E-state index in [2.05, 4.69) is 4.74 Å². The van der Waals surface area contributed by atoms with Gasteiger partial charge in [0, 0.05) is 12.2 Å². The molecule has 6 heteroatoms. The Balaban J connectivity index is 1.82. The van der Waals surface area contributed by atoms with Crippen LogP contribution in [0.25, 0.3) is 0 Å². The van der Waals surface area contributed by atoms with Gasteiger partial charge >= 0.3 is 6.18 Å². The first-order valence-corrected chi connectivity index (χ1v) is 6.00. The first kappa shape index (κ1) is 13.9. The third-order valence-electron chi connectivity index (χ3n) is 2.91. The Morgan fingerprint density at radius 2 is 2.05 bits per heavy atom. The van der Waals surface area contributed by atoms with E-state index in [0.717, 1.165) is 17.7 Å². The number of halogens is 3. The van der Waals surface area contributed by atoms with E-state index in [1.54, 1.807) is 4.90 Å². The molecule has 0 fully saturated rings. The number of para-hydroxylation sites is 1. The smallest absolute Gasteiger partial charge is 0.372 e. The summed E-state index contributed by atoms with van der Waals surface area (Å²) in [6.07, 6.45) is -3.60. The van der Waals surface area contributed by atoms with Gasteiger partial charge in [-0.25, -0.2) is 0 Å². The van der Waals surface area contributed by atoms with Crippen molar-refractivity contribution in [3.8, 4) is 0 Å². The van der Waals surface area contributed by atoms with E-state index in [-0.39, 0.29) is 18.9 Å². The molecular weight excluding hydrogens is 259 g/mol. The van der Waals surface area contributed by atoms with Crippen LogP contribution in [0.2, 0.25) is 0 Å². The van der Waals surface area contributed by atoms with Crippen LogP contribution in [0.5, 0.6) is 0 Å². The number of fused-ring (bicyclic) bond motifs is 1. The molecule has 0 saturated carbocycles. The van der Waals surface area contributed by atoms with Crippen LogP contribution >= 0.6 is 0 Å². The highest BCUT2D eigenvalue weighted by molar-refractivity contribution is 5.95. The Labute approximate surface area is 109 Å². The van der Waals surface area contributed by atoms with Crippen LogP contribution < -0.4 is 4.90 Å². The largest absolute Gasteiger partial charge is 0.411 e. The SMILES string of the molecule is O=C(CCOCC(F)(F)F)N1CCc2ccccc21. The number of hydrogen-bond acceptors (Lipinski definition) is 2. The Hall–Kier alpha value is -1.56. The van der Waals surface area contributed by atoms with Gasteiger partial charge in [0.1, 0.15) is 6.61 Å². The molecule has 1 aliphatic heterocycles. The summed E-state index contributed by atoms with van der Waals surface area (Å²) in [7, 11) is 0. The number of nitrogens with zero attached hydrogens (tertiary/aromatic N) is 1. The van der Waals surface area contributed by atoms with Gasteiger partial charge in [-0.05, 0) is 18.1 Å². The molecule has 0 aromatic heterocycles. The number of benzene rings is 1. The molecule has 1 heterocycles. The van der Waals surface area contributed by atoms with Crippen LogP contribution in [0.4, 0.5) is 18.9 Å². The van der Waals surface area contributed by atoms with Crippen LogP contribution in [0.1, 0.15) is 12.0 Å². The van der Waals surface area contributed by atoms with Crippen LogP contribution in [0, 0.1) is 0 Å². The maximum Gasteiger partial charge on any atom is 0.411 e. The summed E-state index contributed by atoms with van der Waals surface area (Å²) in [5.41, 5.74) is 1.94. The average Bonchev–Trinajstić information content (AvgIpc) is 2.77. The Morgan fingerprint density at radius 1 is 1.32 bits per heavy atom. The van der Waals surface area contributed by atoms with Gasteiger partial charge in [-0.2, -0.15) is 13.2 Å². The van der Waals surface area contributed by atoms with Crippen molar-refractivity contribution in [3.63, 3.8) is 0 Å². The second-order valence-corrected chi connectivity index (χ2v) is 4.34. The maximum atomic E-state index is 11.9. The molecule has 1 aliphatic rings. The molecule has 1 amide bonds. The summed E-state index contributed by atoms with van der Waals surface area (Å²) >= 11 is 0. The number of carbonyl (C=O) groups is 1. The standard InChI is InChI=1S/C13H14F3NO2/c14-13(15,16)9-19-8-6-12(18)17-7-5-10-3-1-2-4-11(10)17/h1-4H,5-9H2. The van der Waals surface area contributed by atoms with Crippen LogP contribution in [-0.2, 0) is 16.0 Å². The quantitative estimate of drug-likeness (QED) is 0.789. The van der Waals surface area contributed by atoms with Gasteiger partial charge in [0.05, 0.1) is 13.0 Å². The van der Waals surface area contributed by atoms with Crippen molar-refractivity contribution in [1.29, 1.82) is 0 Å². The second kappa shape index (κ2) is 5.61. The van der Waals surface area contributed by atoms with Gasteiger partial charge in [-0.3, -0.25) is 4.79 Å². The Kier molecular flexibility index (Phi) is 4.09. The molecule has 3 nitrogen and oxygen atoms in total. The molecular formula is C13H14F3NO2. The summed E-state index contributed by atoms with van der Waals surface area (Å²) < 4.78 is 40.0. The van der Waals surface area contributed by atoms with E-state index in [0.29, 0.717) is 6.54 Å². The number of alkyl halides is 3. The molecule has 104 valence electrons. The highest BCUT2D eigenvalue weighted by Gasteiger charge is 2.28. The summed E-state index contributed by atoms with van der Waals surface area (Å²) in [6.45, 7) is -0.939. The van der Waals surface area contributed by atoms with Gasteiger partial charge in [0.15, 0.2) is 0 Å². The highest BCUT2D eigenvalue weighted by atomic mass is 19.4. The fourth-order valence-corrected chi connectivity index (χ4v) is 2.08. The molecule has 19 heavy (non-hydrogen) atoms. The molecule has 0 unspecified atom stereocenters. The lowest BCUT2D eigenvalue weighted by molar-refractivity contribution is -0.174. The zero-order valence-corrected chi connectivity index (χ0v) is 10.2. The van der Waals surface area contributed by atoms with Crippen molar-refractivity contribution in [3.05, 3.63) is 29.8 Å². The summed E-state index contributed by atoms with van der Waals surface area (Å²) in [5.74, 6) is -0.202. The minimum Gasteiger partial charge on any atom is -0.372 e. The maximum absolute atomic E-state index is 11.9. The number of ether oxygens (including phenoxy) is 1. The number of amides is 1. The lowest BCUT2D eigenvalue weighted by Crippen LogP contribution is -2.30. The van der Waals surface area contributed by atoms with Gasteiger partial charge < -0.3 is 9.64 Å². The topological polar surface area (TPSA) is 29.5 Å². The molecule has 0 radical (unpaired) electrons. The first-order valence-electron chi connectivity index (χ1n) is 6.00. The fraction of sp³-hybridized carbons (Fsp3) is 0.462. The molecule has 0 N–H and O–H groups in total. The number of rotatable bonds is 4. The summed E-state index contributed by atoms with van der Waals surface area (Å²) in [6, 6.07) is 7.53. The lowest BCUT2D eigenvalue weighted by Gasteiger charge is -2.17. The zero-order valence-electron chi connectivity index (χ0n) is 10.2. The molecule has 0 saturated heterocycles. The van der Waals surface area contributed by atoms with Gasteiger partial charge in [-0.15, -0.1) is 0 Å². The lowest BCUT2D eigenvalue weighted by atomic mass is 10.2. The Morgan fingerprint density at radius 3 is 2.79 bits per heavy atom. The predicted octanol–water partition coefficient (Wildman–Crippen LogP) is 2.54. The second-order valence-electron chi connectivity index (χ2n) is 4.34. The molecule has 1 aromatic rings. The summed E-state index contributed by atoms with van der Waals surface area (Å²) in [4.78, 5) is 13.5. The molecule has 0 spiro atoms. The monoisotopic (exact) mass is 273 g/mol. The van der Waals surface area contributed by atoms with E-state index >= 15 is 0 Å². The fourth-order valence-electron chi connectivity index (χ4n) is 2.08. The van der Waals surface area contributed by atoms with Crippen molar-refractivity contribution in [2.75, 3.05) is 24.7 Å². The van der Waals surface area contributed by atoms with Crippen molar-refractivity contribution < 1.29 is 22.7 Å². The van der Waals surface area contributed by atoms with Crippen molar-refractivity contribution >= 4 is 11.6 Å². The minimum absolute atomic E-state index is 0.0373. The first-order chi connectivity index (χ1) is 8.97. The van der Waals surface area contributed by atoms with Crippen LogP contribution in [-0.4, -0.2) is 31.8 Å². The van der Waals surface area contributed by atoms with E-state index in [1.807, 2.05) is 24.3 Å². The third kappa shape index (κ3) is 3.70. The van der Waals surface area contributed by atoms with Crippen molar-refractivity contribution in [1.82, 2.24) is 0 Å². The highest BCUT2D eigenvalue weighted by Crippen LogP contribution is 2.27. The zero-order chi connectivity index (χ0) is 13.9. The number of carbonyl (C=O) groups excluding carboxylic acids is 1. The van der Waals surface area contributed by atoms with Crippen LogP contribution in [0.15, 0.2) is 24.3 Å². The van der Waals surface area contributed by atoms with Gasteiger partial charge in [-0.1, -0.05) is 18.2 Å². The number of hydrogen-bond donors (Lipinski definition) is 0. The summed E-state index contributed by atoms with van der Waals surface area (Å²) in [5, 5.41) is 0. The number of anilines is 1. The van der Waals surface area contributed by atoms with Gasteiger partial charge in [0.2, 0.25) is 5.91 Å². The normalized spacial score (nSPS) is 14.6. The minimum atomic E-state index is -4.34. The average molecular weight is 273 g/mol. The molecule has 0 aliphatic carbocycles. The van der Waals surface area contributed by atoms with E-state index in [1.165, 1.54) is 0 Å². The molecule has 0 bridgehead atoms. The van der Waals surface area contributed by atoms with E-state index < -0.39 is 12.8 Å². The third-order valence-corrected chi connectivity index (χ3v) is 2.91. The predicted molar refractivity (Wildman–Crippen MR) is 64.0 cm³/mol. The van der Waals surface area contributed by atoms with Crippen molar-refractivity contribution in [2.24, 2.45) is 0 Å². The molecule has 0 atom stereocenters. The van der Waals surface area contributed by atoms with E-state index in [9.17, 15) is 18.0 Å². The van der Waals surface area contributed by atoms with Crippen LogP contribution in [0.3, 0.4) is 0 Å². The van der Waals surface area contributed by atoms with Gasteiger partial charge in [0.25, 0.3) is 0 Å².